The summed E-state index contributed by atoms with van der Waals surface area (Å²) in [5.74, 6) is -0.282. The second kappa shape index (κ2) is 10.0. The van der Waals surface area contributed by atoms with E-state index in [0.29, 0.717) is 48.2 Å². The van der Waals surface area contributed by atoms with Gasteiger partial charge in [0.15, 0.2) is 14.0 Å². The maximum Gasteiger partial charge on any atom is 0.239 e. The van der Waals surface area contributed by atoms with E-state index < -0.39 is 23.1 Å². The molecule has 12 heteroatoms. The number of aryl methyl sites for hydroxylation is 1. The van der Waals surface area contributed by atoms with E-state index in [1.54, 1.807) is 30.1 Å². The molecule has 2 heterocycles. The Balaban J connectivity index is 1.65. The van der Waals surface area contributed by atoms with Crippen LogP contribution in [0.3, 0.4) is 0 Å². The fraction of sp³-hybridized carbons (Fsp3) is 0.520. The summed E-state index contributed by atoms with van der Waals surface area (Å²) in [7, 11) is -4.07. The minimum atomic E-state index is -3.83. The van der Waals surface area contributed by atoms with Crippen LogP contribution in [0.5, 0.6) is 0 Å². The van der Waals surface area contributed by atoms with E-state index in [0.717, 1.165) is 3.57 Å². The van der Waals surface area contributed by atoms with Crippen LogP contribution in [0.25, 0.3) is 11.2 Å². The van der Waals surface area contributed by atoms with Crippen LogP contribution in [0.4, 0.5) is 10.2 Å². The van der Waals surface area contributed by atoms with Gasteiger partial charge >= 0.3 is 0 Å². The predicted octanol–water partition coefficient (Wildman–Crippen LogP) is 6.64. The number of fused-ring (bicyclic) bond motifs is 1. The van der Waals surface area contributed by atoms with Gasteiger partial charge in [-0.15, -0.1) is 0 Å². The summed E-state index contributed by atoms with van der Waals surface area (Å²) in [6.45, 7) is 11.2. The molecule has 1 aliphatic rings. The highest BCUT2D eigenvalue weighted by molar-refractivity contribution is 14.1. The van der Waals surface area contributed by atoms with Crippen LogP contribution >= 0.6 is 34.2 Å². The molecule has 0 amide bonds. The third-order valence-electron chi connectivity index (χ3n) is 7.70. The normalized spacial score (nSPS) is 15.8. The van der Waals surface area contributed by atoms with Gasteiger partial charge in [0.05, 0.1) is 16.1 Å². The molecule has 37 heavy (non-hydrogen) atoms. The number of hydrogen-bond donors (Lipinski definition) is 1. The highest BCUT2D eigenvalue weighted by atomic mass is 127. The summed E-state index contributed by atoms with van der Waals surface area (Å²) < 4.78 is 52.6. The van der Waals surface area contributed by atoms with Gasteiger partial charge < -0.3 is 8.99 Å². The molecule has 0 saturated heterocycles. The van der Waals surface area contributed by atoms with Crippen molar-refractivity contribution in [2.75, 3.05) is 11.3 Å². The van der Waals surface area contributed by atoms with Gasteiger partial charge in [-0.1, -0.05) is 38.4 Å². The molecular weight excluding hydrogens is 646 g/mol. The Labute approximate surface area is 237 Å². The van der Waals surface area contributed by atoms with Gasteiger partial charge in [-0.25, -0.2) is 22.8 Å². The zero-order valence-corrected chi connectivity index (χ0v) is 26.7. The van der Waals surface area contributed by atoms with Crippen molar-refractivity contribution in [1.29, 1.82) is 0 Å². The second-order valence-electron chi connectivity index (χ2n) is 11.3. The smallest absolute Gasteiger partial charge is 0.239 e. The lowest BCUT2D eigenvalue weighted by Crippen LogP contribution is -2.42. The second-order valence-corrected chi connectivity index (χ2v) is 19.9. The molecule has 0 radical (unpaired) electrons. The van der Waals surface area contributed by atoms with Crippen LogP contribution in [-0.4, -0.2) is 42.6 Å². The molecule has 1 N–H and O–H groups in total. The maximum atomic E-state index is 14.7. The number of sulfonamides is 1. The molecule has 1 saturated carbocycles. The van der Waals surface area contributed by atoms with E-state index in [-0.39, 0.29) is 28.1 Å². The van der Waals surface area contributed by atoms with Crippen molar-refractivity contribution in [2.45, 2.75) is 69.3 Å². The average molecular weight is 679 g/mol. The van der Waals surface area contributed by atoms with Gasteiger partial charge in [-0.2, -0.15) is 0 Å². The van der Waals surface area contributed by atoms with E-state index in [1.807, 2.05) is 22.6 Å². The molecule has 3 aromatic rings. The number of benzene rings is 1. The van der Waals surface area contributed by atoms with Crippen LogP contribution in [0.2, 0.25) is 23.2 Å². The van der Waals surface area contributed by atoms with Crippen LogP contribution in [0.15, 0.2) is 24.5 Å². The average Bonchev–Trinajstić information content (AvgIpc) is 3.49. The number of aromatic nitrogens is 3. The molecular formula is C25H33ClFIN4O3SSi. The Bertz CT molecular complexity index is 1450. The topological polar surface area (TPSA) is 86.1 Å². The van der Waals surface area contributed by atoms with Crippen LogP contribution in [0, 0.1) is 9.39 Å². The standard InChI is InChI=1S/C25H33ClFIN4O3SSi/c1-24(2,3)37(5,6)35-12-11-25(9-10-25)36(33,34)31-22-18(13-16-7-8-17(28)14-19(16)27)20(26)21-23(30-22)32(4)15-29-21/h7-8,14-15H,9-13H2,1-6H3,(H,30,31). The van der Waals surface area contributed by atoms with Gasteiger partial charge in [0.25, 0.3) is 0 Å². The molecule has 0 unspecified atom stereocenters. The summed E-state index contributed by atoms with van der Waals surface area (Å²) in [5, 5.41) is 0.298. The molecule has 7 nitrogen and oxygen atoms in total. The first-order chi connectivity index (χ1) is 17.1. The molecule has 202 valence electrons. The number of anilines is 1. The van der Waals surface area contributed by atoms with Crippen LogP contribution < -0.4 is 4.72 Å². The largest absolute Gasteiger partial charge is 0.417 e. The number of rotatable bonds is 9. The monoisotopic (exact) mass is 678 g/mol. The first-order valence-corrected chi connectivity index (χ1v) is 18.0. The van der Waals surface area contributed by atoms with Crippen molar-refractivity contribution in [2.24, 2.45) is 7.05 Å². The highest BCUT2D eigenvalue weighted by Gasteiger charge is 2.55. The summed E-state index contributed by atoms with van der Waals surface area (Å²) in [5.41, 5.74) is 1.67. The van der Waals surface area contributed by atoms with Crippen molar-refractivity contribution in [3.8, 4) is 0 Å². The third-order valence-corrected chi connectivity index (χ3v) is 15.5. The summed E-state index contributed by atoms with van der Waals surface area (Å²) in [4.78, 5) is 8.92. The zero-order valence-electron chi connectivity index (χ0n) is 22.0. The van der Waals surface area contributed by atoms with Crippen molar-refractivity contribution < 1.29 is 17.2 Å². The molecule has 4 rings (SSSR count). The first-order valence-electron chi connectivity index (χ1n) is 12.2. The van der Waals surface area contributed by atoms with Gasteiger partial charge in [0, 0.05) is 29.2 Å². The summed E-state index contributed by atoms with van der Waals surface area (Å²) in [6, 6.07) is 4.90. The van der Waals surface area contributed by atoms with Gasteiger partial charge in [0.2, 0.25) is 10.0 Å². The molecule has 0 spiro atoms. The third kappa shape index (κ3) is 5.70. The van der Waals surface area contributed by atoms with Gasteiger partial charge in [-0.3, -0.25) is 4.72 Å². The zero-order chi connectivity index (χ0) is 27.4. The molecule has 0 aliphatic heterocycles. The van der Waals surface area contributed by atoms with E-state index in [4.69, 9.17) is 16.0 Å². The van der Waals surface area contributed by atoms with Crippen molar-refractivity contribution in [3.63, 3.8) is 0 Å². The Morgan fingerprint density at radius 3 is 2.57 bits per heavy atom. The Morgan fingerprint density at radius 1 is 1.30 bits per heavy atom. The maximum absolute atomic E-state index is 14.7. The quantitative estimate of drug-likeness (QED) is 0.203. The van der Waals surface area contributed by atoms with Crippen molar-refractivity contribution in [3.05, 3.63) is 50.1 Å². The van der Waals surface area contributed by atoms with E-state index in [9.17, 15) is 12.8 Å². The fourth-order valence-corrected chi connectivity index (χ4v) is 7.39. The number of nitrogens with zero attached hydrogens (tertiary/aromatic N) is 3. The SMILES string of the molecule is Cn1cnc2c(Cl)c(Cc3ccc(I)cc3F)c(NS(=O)(=O)C3(CCO[Si](C)(C)C(C)(C)C)CC3)nc21. The number of hydrogen-bond acceptors (Lipinski definition) is 5. The minimum Gasteiger partial charge on any atom is -0.417 e. The van der Waals surface area contributed by atoms with Crippen LogP contribution in [-0.2, 0) is 27.9 Å². The number of pyridine rings is 1. The fourth-order valence-electron chi connectivity index (χ4n) is 3.97. The van der Waals surface area contributed by atoms with Crippen molar-refractivity contribution in [1.82, 2.24) is 14.5 Å². The van der Waals surface area contributed by atoms with Crippen molar-refractivity contribution >= 4 is 69.5 Å². The molecule has 0 atom stereocenters. The molecule has 1 fully saturated rings. The van der Waals surface area contributed by atoms with E-state index in [2.05, 4.69) is 48.6 Å². The number of imidazole rings is 1. The van der Waals surface area contributed by atoms with Gasteiger partial charge in [0.1, 0.15) is 17.2 Å². The Morgan fingerprint density at radius 2 is 1.97 bits per heavy atom. The lowest BCUT2D eigenvalue weighted by Gasteiger charge is -2.36. The molecule has 1 aromatic carbocycles. The van der Waals surface area contributed by atoms with Gasteiger partial charge in [-0.05, 0) is 77.7 Å². The lowest BCUT2D eigenvalue weighted by atomic mass is 10.0. The number of halogens is 3. The summed E-state index contributed by atoms with van der Waals surface area (Å²) >= 11 is 8.78. The molecule has 0 bridgehead atoms. The Kier molecular flexibility index (Phi) is 7.79. The highest BCUT2D eigenvalue weighted by Crippen LogP contribution is 2.48. The molecule has 2 aromatic heterocycles. The Hall–Kier alpha value is -1.28. The molecule has 1 aliphatic carbocycles. The lowest BCUT2D eigenvalue weighted by molar-refractivity contribution is 0.277. The first kappa shape index (κ1) is 28.7. The minimum absolute atomic E-state index is 0.0414. The predicted molar refractivity (Wildman–Crippen MR) is 158 cm³/mol. The number of nitrogens with one attached hydrogen (secondary N) is 1. The van der Waals surface area contributed by atoms with E-state index >= 15 is 0 Å². The summed E-state index contributed by atoms with van der Waals surface area (Å²) in [6.07, 6.45) is 3.13. The van der Waals surface area contributed by atoms with E-state index in [1.165, 1.54) is 6.07 Å². The van der Waals surface area contributed by atoms with Crippen LogP contribution in [0.1, 0.15) is 51.2 Å².